The Balaban J connectivity index is 1.44. The molecule has 0 aliphatic carbocycles. The topological polar surface area (TPSA) is 103 Å². The third kappa shape index (κ3) is 3.81. The van der Waals surface area contributed by atoms with Gasteiger partial charge in [0.05, 0.1) is 15.7 Å². The molecule has 0 radical (unpaired) electrons. The summed E-state index contributed by atoms with van der Waals surface area (Å²) in [5.74, 6) is 0.838. The lowest BCUT2D eigenvalue weighted by Crippen LogP contribution is -2.13. The number of hydrogen-bond donors (Lipinski definition) is 1. The number of fused-ring (bicyclic) bond motifs is 2. The SMILES string of the molecule is CS(=O)(=O)c1nc(C(=O)Nc2nc3ccc(Oc4ccccc4)cc3s2)c2ccccn12. The molecule has 1 N–H and O–H groups in total. The Bertz CT molecular complexity index is 1570. The summed E-state index contributed by atoms with van der Waals surface area (Å²) in [5, 5.41) is 2.92. The normalized spacial score (nSPS) is 11.7. The molecule has 5 rings (SSSR count). The fourth-order valence-corrected chi connectivity index (χ4v) is 4.90. The molecule has 160 valence electrons. The third-order valence-electron chi connectivity index (χ3n) is 4.62. The molecular formula is C22H16N4O4S2. The van der Waals surface area contributed by atoms with Crippen molar-refractivity contribution in [1.29, 1.82) is 0 Å². The van der Waals surface area contributed by atoms with Crippen LogP contribution in [0.15, 0.2) is 78.1 Å². The molecule has 0 aliphatic rings. The van der Waals surface area contributed by atoms with E-state index >= 15 is 0 Å². The van der Waals surface area contributed by atoms with Gasteiger partial charge in [-0.15, -0.1) is 0 Å². The van der Waals surface area contributed by atoms with Gasteiger partial charge < -0.3 is 4.74 Å². The largest absolute Gasteiger partial charge is 0.457 e. The zero-order chi connectivity index (χ0) is 22.3. The fourth-order valence-electron chi connectivity index (χ4n) is 3.24. The molecular weight excluding hydrogens is 448 g/mol. The van der Waals surface area contributed by atoms with Gasteiger partial charge in [0.15, 0.2) is 10.8 Å². The minimum absolute atomic E-state index is 0.0124. The van der Waals surface area contributed by atoms with Crippen LogP contribution in [0.3, 0.4) is 0 Å². The van der Waals surface area contributed by atoms with E-state index in [1.165, 1.54) is 15.7 Å². The van der Waals surface area contributed by atoms with Crippen molar-refractivity contribution in [2.75, 3.05) is 11.6 Å². The van der Waals surface area contributed by atoms with Crippen LogP contribution in [0.1, 0.15) is 10.5 Å². The molecule has 5 aromatic rings. The van der Waals surface area contributed by atoms with Crippen LogP contribution in [0.4, 0.5) is 5.13 Å². The second kappa shape index (κ2) is 7.74. The number of para-hydroxylation sites is 1. The van der Waals surface area contributed by atoms with E-state index in [1.54, 1.807) is 24.4 Å². The number of nitrogens with one attached hydrogen (secondary N) is 1. The number of pyridine rings is 1. The average Bonchev–Trinajstić information content (AvgIpc) is 3.35. The lowest BCUT2D eigenvalue weighted by Gasteiger charge is -2.04. The van der Waals surface area contributed by atoms with Crippen LogP contribution in [0.25, 0.3) is 15.7 Å². The number of thiazole rings is 1. The maximum absolute atomic E-state index is 12.9. The van der Waals surface area contributed by atoms with Gasteiger partial charge >= 0.3 is 0 Å². The maximum Gasteiger partial charge on any atom is 0.278 e. The highest BCUT2D eigenvalue weighted by Crippen LogP contribution is 2.31. The molecule has 0 aliphatic heterocycles. The Kier molecular flexibility index (Phi) is 4.87. The van der Waals surface area contributed by atoms with E-state index in [0.717, 1.165) is 16.7 Å². The number of carbonyl (C=O) groups is 1. The molecule has 0 atom stereocenters. The highest BCUT2D eigenvalue weighted by atomic mass is 32.2. The molecule has 0 spiro atoms. The van der Waals surface area contributed by atoms with Crippen LogP contribution >= 0.6 is 11.3 Å². The van der Waals surface area contributed by atoms with E-state index in [0.29, 0.717) is 21.9 Å². The molecule has 0 unspecified atom stereocenters. The number of ether oxygens (including phenoxy) is 1. The minimum Gasteiger partial charge on any atom is -0.457 e. The van der Waals surface area contributed by atoms with Crippen molar-refractivity contribution in [3.8, 4) is 11.5 Å². The van der Waals surface area contributed by atoms with Crippen LogP contribution in [-0.2, 0) is 9.84 Å². The van der Waals surface area contributed by atoms with Crippen LogP contribution in [0.2, 0.25) is 0 Å². The zero-order valence-corrected chi connectivity index (χ0v) is 18.4. The summed E-state index contributed by atoms with van der Waals surface area (Å²) in [6, 6.07) is 19.9. The number of sulfone groups is 1. The molecule has 0 fully saturated rings. The molecule has 3 heterocycles. The molecule has 2 aromatic carbocycles. The molecule has 32 heavy (non-hydrogen) atoms. The maximum atomic E-state index is 12.9. The summed E-state index contributed by atoms with van der Waals surface area (Å²) in [5.41, 5.74) is 1.11. The second-order valence-corrected chi connectivity index (χ2v) is 9.93. The summed E-state index contributed by atoms with van der Waals surface area (Å²) < 4.78 is 32.2. The van der Waals surface area contributed by atoms with E-state index in [1.807, 2.05) is 48.5 Å². The van der Waals surface area contributed by atoms with E-state index in [9.17, 15) is 13.2 Å². The van der Waals surface area contributed by atoms with Gasteiger partial charge in [0, 0.05) is 18.5 Å². The highest BCUT2D eigenvalue weighted by molar-refractivity contribution is 7.90. The lowest BCUT2D eigenvalue weighted by molar-refractivity contribution is 0.102. The van der Waals surface area contributed by atoms with Crippen LogP contribution < -0.4 is 10.1 Å². The van der Waals surface area contributed by atoms with Crippen LogP contribution in [0, 0.1) is 0 Å². The second-order valence-electron chi connectivity index (χ2n) is 6.99. The van der Waals surface area contributed by atoms with Crippen molar-refractivity contribution in [1.82, 2.24) is 14.4 Å². The van der Waals surface area contributed by atoms with Gasteiger partial charge in [-0.1, -0.05) is 35.6 Å². The van der Waals surface area contributed by atoms with Crippen molar-refractivity contribution >= 4 is 47.9 Å². The summed E-state index contributed by atoms with van der Waals surface area (Å²) in [4.78, 5) is 21.4. The van der Waals surface area contributed by atoms with E-state index in [2.05, 4.69) is 15.3 Å². The first kappa shape index (κ1) is 20.2. The minimum atomic E-state index is -3.62. The molecule has 3 aromatic heterocycles. The van der Waals surface area contributed by atoms with Gasteiger partial charge in [-0.25, -0.2) is 18.4 Å². The lowest BCUT2D eigenvalue weighted by atomic mass is 10.3. The van der Waals surface area contributed by atoms with Crippen molar-refractivity contribution in [3.63, 3.8) is 0 Å². The van der Waals surface area contributed by atoms with E-state index in [-0.39, 0.29) is 10.9 Å². The predicted molar refractivity (Wildman–Crippen MR) is 122 cm³/mol. The third-order valence-corrected chi connectivity index (χ3v) is 6.51. The Labute approximate surface area is 187 Å². The number of rotatable bonds is 5. The number of benzene rings is 2. The van der Waals surface area contributed by atoms with Crippen LogP contribution in [-0.4, -0.2) is 34.9 Å². The van der Waals surface area contributed by atoms with Crippen molar-refractivity contribution in [2.45, 2.75) is 5.16 Å². The number of imidazole rings is 1. The Morgan fingerprint density at radius 1 is 1.00 bits per heavy atom. The molecule has 0 bridgehead atoms. The summed E-state index contributed by atoms with van der Waals surface area (Å²) in [7, 11) is -3.62. The average molecular weight is 465 g/mol. The number of carbonyl (C=O) groups excluding carboxylic acids is 1. The first-order valence-electron chi connectivity index (χ1n) is 9.50. The van der Waals surface area contributed by atoms with E-state index in [4.69, 9.17) is 4.74 Å². The fraction of sp³-hybridized carbons (Fsp3) is 0.0455. The van der Waals surface area contributed by atoms with Gasteiger partial charge in [0.25, 0.3) is 5.91 Å². The van der Waals surface area contributed by atoms with Crippen molar-refractivity contribution in [3.05, 3.63) is 78.6 Å². The van der Waals surface area contributed by atoms with Gasteiger partial charge in [-0.2, -0.15) is 0 Å². The van der Waals surface area contributed by atoms with Crippen molar-refractivity contribution in [2.24, 2.45) is 0 Å². The number of aromatic nitrogens is 3. The molecule has 0 saturated carbocycles. The Morgan fingerprint density at radius 3 is 2.56 bits per heavy atom. The molecule has 10 heteroatoms. The standard InChI is InChI=1S/C22H16N4O4S2/c1-32(28,29)22-24-19(17-9-5-6-12-26(17)22)20(27)25-21-23-16-11-10-15(13-18(16)31-21)30-14-7-3-2-4-8-14/h2-13H,1H3,(H,23,25,27). The predicted octanol–water partition coefficient (Wildman–Crippen LogP) is 4.39. The van der Waals surface area contributed by atoms with Gasteiger partial charge in [-0.05, 0) is 36.4 Å². The first-order valence-corrected chi connectivity index (χ1v) is 12.2. The van der Waals surface area contributed by atoms with Gasteiger partial charge in [0.2, 0.25) is 15.0 Å². The zero-order valence-electron chi connectivity index (χ0n) is 16.7. The van der Waals surface area contributed by atoms with Gasteiger partial charge in [-0.3, -0.25) is 14.5 Å². The Morgan fingerprint density at radius 2 is 1.78 bits per heavy atom. The number of nitrogens with zero attached hydrogens (tertiary/aromatic N) is 3. The highest BCUT2D eigenvalue weighted by Gasteiger charge is 2.23. The van der Waals surface area contributed by atoms with E-state index < -0.39 is 15.7 Å². The first-order chi connectivity index (χ1) is 15.4. The summed E-state index contributed by atoms with van der Waals surface area (Å²) in [6.45, 7) is 0. The number of hydrogen-bond acceptors (Lipinski definition) is 7. The molecule has 0 saturated heterocycles. The van der Waals surface area contributed by atoms with Crippen molar-refractivity contribution < 1.29 is 17.9 Å². The summed E-state index contributed by atoms with van der Waals surface area (Å²) >= 11 is 1.29. The smallest absolute Gasteiger partial charge is 0.278 e. The number of amides is 1. The molecule has 8 nitrogen and oxygen atoms in total. The summed E-state index contributed by atoms with van der Waals surface area (Å²) in [6.07, 6.45) is 2.61. The monoisotopic (exact) mass is 464 g/mol. The molecule has 1 amide bonds. The number of anilines is 1. The van der Waals surface area contributed by atoms with Crippen LogP contribution in [0.5, 0.6) is 11.5 Å². The quantitative estimate of drug-likeness (QED) is 0.414. The Hall–Kier alpha value is -3.76. The van der Waals surface area contributed by atoms with Gasteiger partial charge in [0.1, 0.15) is 11.5 Å².